The van der Waals surface area contributed by atoms with Crippen LogP contribution < -0.4 is 5.32 Å². The molecule has 1 saturated heterocycles. The van der Waals surface area contributed by atoms with Crippen LogP contribution in [-0.2, 0) is 24.6 Å². The summed E-state index contributed by atoms with van der Waals surface area (Å²) in [5.41, 5.74) is 2.08. The summed E-state index contributed by atoms with van der Waals surface area (Å²) in [6.07, 6.45) is 2.17. The van der Waals surface area contributed by atoms with Crippen molar-refractivity contribution in [2.24, 2.45) is 0 Å². The number of aromatic nitrogens is 2. The lowest BCUT2D eigenvalue weighted by Crippen LogP contribution is -2.49. The number of imidazole rings is 1. The van der Waals surface area contributed by atoms with Crippen molar-refractivity contribution in [3.05, 3.63) is 17.7 Å². The molecule has 0 radical (unpaired) electrons. The van der Waals surface area contributed by atoms with Gasteiger partial charge in [0.05, 0.1) is 30.9 Å². The van der Waals surface area contributed by atoms with Crippen molar-refractivity contribution in [3.8, 4) is 0 Å². The van der Waals surface area contributed by atoms with Gasteiger partial charge in [-0.25, -0.2) is 9.78 Å². The minimum Gasteiger partial charge on any atom is -0.319 e. The Morgan fingerprint density at radius 1 is 1.44 bits per heavy atom. The molecule has 1 aromatic rings. The quantitative estimate of drug-likeness (QED) is 0.783. The van der Waals surface area contributed by atoms with Gasteiger partial charge in [0, 0.05) is 19.5 Å². The Kier molecular flexibility index (Phi) is 2.55. The van der Waals surface area contributed by atoms with Crippen molar-refractivity contribution in [1.82, 2.24) is 24.7 Å². The van der Waals surface area contributed by atoms with E-state index in [9.17, 15) is 9.59 Å². The van der Waals surface area contributed by atoms with Crippen LogP contribution in [-0.4, -0.2) is 44.9 Å². The van der Waals surface area contributed by atoms with E-state index in [-0.39, 0.29) is 11.9 Å². The van der Waals surface area contributed by atoms with E-state index < -0.39 is 0 Å². The van der Waals surface area contributed by atoms with Crippen LogP contribution in [0.25, 0.3) is 0 Å². The summed E-state index contributed by atoms with van der Waals surface area (Å²) in [6.45, 7) is 2.62. The normalized spacial score (nSPS) is 20.2. The Morgan fingerprint density at radius 2 is 2.28 bits per heavy atom. The molecule has 1 aromatic heterocycles. The number of urea groups is 1. The molecule has 3 heterocycles. The second kappa shape index (κ2) is 4.09. The summed E-state index contributed by atoms with van der Waals surface area (Å²) in [5, 5.41) is 2.32. The molecule has 2 aliphatic rings. The maximum atomic E-state index is 11.6. The first-order valence-corrected chi connectivity index (χ1v) is 5.93. The SMILES string of the molecule is CN1Cc2c(CN3CCC(=O)NC3=O)ncn2C1. The van der Waals surface area contributed by atoms with E-state index >= 15 is 0 Å². The molecule has 18 heavy (non-hydrogen) atoms. The van der Waals surface area contributed by atoms with Crippen molar-refractivity contribution >= 4 is 11.9 Å². The van der Waals surface area contributed by atoms with Crippen molar-refractivity contribution < 1.29 is 9.59 Å². The minimum absolute atomic E-state index is 0.203. The minimum atomic E-state index is -0.320. The molecule has 0 unspecified atom stereocenters. The third-order valence-electron chi connectivity index (χ3n) is 3.33. The average molecular weight is 249 g/mol. The van der Waals surface area contributed by atoms with Gasteiger partial charge in [0.25, 0.3) is 0 Å². The summed E-state index contributed by atoms with van der Waals surface area (Å²) in [5.74, 6) is -0.203. The molecule has 0 bridgehead atoms. The van der Waals surface area contributed by atoms with Crippen LogP contribution in [0.15, 0.2) is 6.33 Å². The first-order chi connectivity index (χ1) is 8.63. The highest BCUT2D eigenvalue weighted by molar-refractivity contribution is 5.96. The molecule has 3 rings (SSSR count). The Bertz CT molecular complexity index is 510. The lowest BCUT2D eigenvalue weighted by Gasteiger charge is -2.26. The van der Waals surface area contributed by atoms with Gasteiger partial charge >= 0.3 is 6.03 Å². The summed E-state index contributed by atoms with van der Waals surface area (Å²) >= 11 is 0. The fourth-order valence-corrected chi connectivity index (χ4v) is 2.38. The smallest absolute Gasteiger partial charge is 0.319 e. The molecule has 0 spiro atoms. The van der Waals surface area contributed by atoms with E-state index in [4.69, 9.17) is 0 Å². The van der Waals surface area contributed by atoms with Gasteiger partial charge in [-0.2, -0.15) is 0 Å². The summed E-state index contributed by atoms with van der Waals surface area (Å²) in [4.78, 5) is 30.9. The molecule has 3 amide bonds. The Morgan fingerprint density at radius 3 is 3.06 bits per heavy atom. The number of nitrogens with one attached hydrogen (secondary N) is 1. The molecule has 0 saturated carbocycles. The van der Waals surface area contributed by atoms with Crippen LogP contribution in [0, 0.1) is 0 Å². The monoisotopic (exact) mass is 249 g/mol. The zero-order chi connectivity index (χ0) is 12.7. The van der Waals surface area contributed by atoms with E-state index in [1.54, 1.807) is 11.2 Å². The van der Waals surface area contributed by atoms with Gasteiger partial charge in [-0.15, -0.1) is 0 Å². The van der Waals surface area contributed by atoms with E-state index in [0.29, 0.717) is 19.5 Å². The van der Waals surface area contributed by atoms with Crippen molar-refractivity contribution in [3.63, 3.8) is 0 Å². The number of nitrogens with zero attached hydrogens (tertiary/aromatic N) is 4. The molecule has 1 N–H and O–H groups in total. The van der Waals surface area contributed by atoms with Crippen LogP contribution in [0.5, 0.6) is 0 Å². The van der Waals surface area contributed by atoms with Gasteiger partial charge in [0.15, 0.2) is 0 Å². The number of imide groups is 1. The van der Waals surface area contributed by atoms with Gasteiger partial charge in [0.2, 0.25) is 5.91 Å². The zero-order valence-corrected chi connectivity index (χ0v) is 10.2. The summed E-state index contributed by atoms with van der Waals surface area (Å²) in [7, 11) is 2.04. The van der Waals surface area contributed by atoms with Crippen LogP contribution in [0.3, 0.4) is 0 Å². The van der Waals surface area contributed by atoms with Crippen LogP contribution >= 0.6 is 0 Å². The highest BCUT2D eigenvalue weighted by atomic mass is 16.2. The molecular formula is C11H15N5O2. The number of fused-ring (bicyclic) bond motifs is 1. The molecule has 0 aliphatic carbocycles. The molecule has 7 heteroatoms. The fourth-order valence-electron chi connectivity index (χ4n) is 2.38. The molecule has 0 aromatic carbocycles. The third-order valence-corrected chi connectivity index (χ3v) is 3.33. The van der Waals surface area contributed by atoms with Crippen LogP contribution in [0.1, 0.15) is 17.8 Å². The molecule has 0 atom stereocenters. The maximum absolute atomic E-state index is 11.6. The van der Waals surface area contributed by atoms with Crippen molar-refractivity contribution in [2.45, 2.75) is 26.2 Å². The Labute approximate surface area is 104 Å². The molecular weight excluding hydrogens is 234 g/mol. The average Bonchev–Trinajstić information content (AvgIpc) is 2.83. The van der Waals surface area contributed by atoms with E-state index in [1.165, 1.54) is 0 Å². The topological polar surface area (TPSA) is 70.5 Å². The number of amides is 3. The second-order valence-electron chi connectivity index (χ2n) is 4.79. The predicted octanol–water partition coefficient (Wildman–Crippen LogP) is -0.272. The van der Waals surface area contributed by atoms with Gasteiger partial charge in [-0.1, -0.05) is 0 Å². The van der Waals surface area contributed by atoms with Crippen molar-refractivity contribution in [2.75, 3.05) is 13.6 Å². The number of carbonyl (C=O) groups excluding carboxylic acids is 2. The zero-order valence-electron chi connectivity index (χ0n) is 10.2. The predicted molar refractivity (Wildman–Crippen MR) is 62.3 cm³/mol. The first-order valence-electron chi connectivity index (χ1n) is 5.93. The number of rotatable bonds is 2. The van der Waals surface area contributed by atoms with E-state index in [2.05, 4.69) is 19.8 Å². The van der Waals surface area contributed by atoms with Crippen molar-refractivity contribution in [1.29, 1.82) is 0 Å². The maximum Gasteiger partial charge on any atom is 0.324 e. The number of carbonyl (C=O) groups is 2. The summed E-state index contributed by atoms with van der Waals surface area (Å²) < 4.78 is 2.09. The Hall–Kier alpha value is -1.89. The molecule has 7 nitrogen and oxygen atoms in total. The molecule has 2 aliphatic heterocycles. The fraction of sp³-hybridized carbons (Fsp3) is 0.545. The highest BCUT2D eigenvalue weighted by Crippen LogP contribution is 2.19. The van der Waals surface area contributed by atoms with E-state index in [0.717, 1.165) is 24.6 Å². The lowest BCUT2D eigenvalue weighted by molar-refractivity contribution is -0.121. The van der Waals surface area contributed by atoms with Gasteiger partial charge in [0.1, 0.15) is 0 Å². The van der Waals surface area contributed by atoms with Crippen LogP contribution in [0.4, 0.5) is 4.79 Å². The van der Waals surface area contributed by atoms with E-state index in [1.807, 2.05) is 7.05 Å². The molecule has 96 valence electrons. The lowest BCUT2D eigenvalue weighted by atomic mass is 10.2. The van der Waals surface area contributed by atoms with Gasteiger partial charge in [-0.05, 0) is 7.05 Å². The number of hydrogen-bond donors (Lipinski definition) is 1. The number of hydrogen-bond acceptors (Lipinski definition) is 4. The summed E-state index contributed by atoms with van der Waals surface area (Å²) in [6, 6.07) is -0.320. The highest BCUT2D eigenvalue weighted by Gasteiger charge is 2.26. The Balaban J connectivity index is 1.74. The molecule has 1 fully saturated rings. The third kappa shape index (κ3) is 1.86. The van der Waals surface area contributed by atoms with Gasteiger partial charge < -0.3 is 9.47 Å². The van der Waals surface area contributed by atoms with Crippen LogP contribution in [0.2, 0.25) is 0 Å². The van der Waals surface area contributed by atoms with Gasteiger partial charge in [-0.3, -0.25) is 15.0 Å². The second-order valence-corrected chi connectivity index (χ2v) is 4.79. The first kappa shape index (κ1) is 11.2. The largest absolute Gasteiger partial charge is 0.324 e. The standard InChI is InChI=1S/C11H15N5O2/c1-14-5-9-8(12-6-16(9)7-14)4-15-3-2-10(17)13-11(15)18/h6H,2-5,7H2,1H3,(H,13,17,18).